The molecule has 0 aliphatic carbocycles. The zero-order chi connectivity index (χ0) is 24.6. The van der Waals surface area contributed by atoms with Crippen molar-refractivity contribution in [3.05, 3.63) is 89.8 Å². The van der Waals surface area contributed by atoms with E-state index in [1.165, 1.54) is 19.4 Å². The van der Waals surface area contributed by atoms with Gasteiger partial charge in [-0.05, 0) is 60.7 Å². The van der Waals surface area contributed by atoms with Gasteiger partial charge in [-0.2, -0.15) is 4.98 Å². The van der Waals surface area contributed by atoms with Crippen LogP contribution in [0.2, 0.25) is 0 Å². The first-order valence-corrected chi connectivity index (χ1v) is 10.5. The van der Waals surface area contributed by atoms with Gasteiger partial charge in [0.1, 0.15) is 23.0 Å². The molecule has 0 unspecified atom stereocenters. The monoisotopic (exact) mass is 474 g/mol. The molecule has 4 aromatic rings. The van der Waals surface area contributed by atoms with Crippen LogP contribution in [0.4, 0.5) is 0 Å². The van der Waals surface area contributed by atoms with E-state index in [0.29, 0.717) is 28.6 Å². The molecule has 10 heteroatoms. The number of furan rings is 1. The molecule has 2 aromatic carbocycles. The van der Waals surface area contributed by atoms with Crippen LogP contribution in [0.3, 0.4) is 0 Å². The maximum Gasteiger partial charge on any atom is 0.268 e. The molecule has 0 saturated heterocycles. The van der Waals surface area contributed by atoms with Crippen LogP contribution in [0, 0.1) is 0 Å². The molecular formula is C25H22N4O6. The smallest absolute Gasteiger partial charge is 0.268 e. The second-order valence-electron chi connectivity index (χ2n) is 7.18. The van der Waals surface area contributed by atoms with Gasteiger partial charge in [0.25, 0.3) is 11.8 Å². The minimum atomic E-state index is -0.563. The standard InChI is InChI=1S/C25H22N4O6/c1-32-18-9-5-16(6-10-18)23-28-22(35-29-23)15-26-25(31)21(14-20-4-3-13-34-20)27-24(30)17-7-11-19(33-2)12-8-17/h3-14H,15H2,1-2H3,(H,26,31)(H,27,30)/b21-14-. The number of nitrogens with zero attached hydrogens (tertiary/aromatic N) is 2. The van der Waals surface area contributed by atoms with Crippen molar-refractivity contribution in [2.75, 3.05) is 14.2 Å². The van der Waals surface area contributed by atoms with Crippen molar-refractivity contribution in [3.63, 3.8) is 0 Å². The van der Waals surface area contributed by atoms with E-state index in [1.807, 2.05) is 0 Å². The van der Waals surface area contributed by atoms with E-state index in [1.54, 1.807) is 67.8 Å². The fourth-order valence-electron chi connectivity index (χ4n) is 3.05. The summed E-state index contributed by atoms with van der Waals surface area (Å²) < 4.78 is 20.8. The van der Waals surface area contributed by atoms with E-state index >= 15 is 0 Å². The molecule has 35 heavy (non-hydrogen) atoms. The Hall–Kier alpha value is -4.86. The maximum atomic E-state index is 12.9. The number of hydrogen-bond donors (Lipinski definition) is 2. The molecule has 2 aromatic heterocycles. The molecule has 0 atom stereocenters. The Kier molecular flexibility index (Phi) is 7.22. The van der Waals surface area contributed by atoms with Gasteiger partial charge in [-0.15, -0.1) is 0 Å². The van der Waals surface area contributed by atoms with Gasteiger partial charge in [0, 0.05) is 17.2 Å². The molecule has 0 radical (unpaired) electrons. The highest BCUT2D eigenvalue weighted by Crippen LogP contribution is 2.19. The lowest BCUT2D eigenvalue weighted by atomic mass is 10.2. The van der Waals surface area contributed by atoms with Gasteiger partial charge >= 0.3 is 0 Å². The zero-order valence-corrected chi connectivity index (χ0v) is 19.0. The van der Waals surface area contributed by atoms with Crippen LogP contribution < -0.4 is 20.1 Å². The summed E-state index contributed by atoms with van der Waals surface area (Å²) in [6.45, 7) is -0.0457. The molecular weight excluding hydrogens is 452 g/mol. The number of nitrogens with one attached hydrogen (secondary N) is 2. The minimum Gasteiger partial charge on any atom is -0.497 e. The second-order valence-corrected chi connectivity index (χ2v) is 7.18. The molecule has 10 nitrogen and oxygen atoms in total. The fourth-order valence-corrected chi connectivity index (χ4v) is 3.05. The predicted octanol–water partition coefficient (Wildman–Crippen LogP) is 3.43. The summed E-state index contributed by atoms with van der Waals surface area (Å²) in [5.41, 5.74) is 1.07. The van der Waals surface area contributed by atoms with E-state index in [0.717, 1.165) is 5.56 Å². The lowest BCUT2D eigenvalue weighted by Gasteiger charge is -2.10. The number of ether oxygens (including phenoxy) is 2. The Morgan fingerprint density at radius 2 is 1.66 bits per heavy atom. The summed E-state index contributed by atoms with van der Waals surface area (Å²) in [5.74, 6) is 1.24. The van der Waals surface area contributed by atoms with Gasteiger partial charge in [-0.3, -0.25) is 9.59 Å². The van der Waals surface area contributed by atoms with Crippen molar-refractivity contribution < 1.29 is 28.0 Å². The molecule has 0 bridgehead atoms. The van der Waals surface area contributed by atoms with Crippen LogP contribution in [0.15, 0.2) is 81.6 Å². The summed E-state index contributed by atoms with van der Waals surface area (Å²) >= 11 is 0. The molecule has 4 rings (SSSR count). The third-order valence-corrected chi connectivity index (χ3v) is 4.89. The number of carbonyl (C=O) groups excluding carboxylic acids is 2. The topological polar surface area (TPSA) is 129 Å². The van der Waals surface area contributed by atoms with Crippen molar-refractivity contribution in [3.8, 4) is 22.9 Å². The first kappa shape index (κ1) is 23.3. The van der Waals surface area contributed by atoms with Gasteiger partial charge < -0.3 is 29.0 Å². The number of methoxy groups -OCH3 is 2. The molecule has 0 fully saturated rings. The fraction of sp³-hybridized carbons (Fsp3) is 0.120. The van der Waals surface area contributed by atoms with E-state index in [9.17, 15) is 9.59 Å². The van der Waals surface area contributed by atoms with Crippen LogP contribution >= 0.6 is 0 Å². The summed E-state index contributed by atoms with van der Waals surface area (Å²) in [7, 11) is 3.12. The van der Waals surface area contributed by atoms with Crippen LogP contribution in [-0.4, -0.2) is 36.2 Å². The number of amides is 2. The molecule has 2 heterocycles. The van der Waals surface area contributed by atoms with Crippen molar-refractivity contribution in [1.29, 1.82) is 0 Å². The predicted molar refractivity (Wildman–Crippen MR) is 125 cm³/mol. The summed E-state index contributed by atoms with van der Waals surface area (Å²) in [5, 5.41) is 9.23. The summed E-state index contributed by atoms with van der Waals surface area (Å²) in [6, 6.07) is 17.0. The second kappa shape index (κ2) is 10.8. The van der Waals surface area contributed by atoms with E-state index < -0.39 is 11.8 Å². The average Bonchev–Trinajstić information content (AvgIpc) is 3.59. The van der Waals surface area contributed by atoms with E-state index in [4.69, 9.17) is 18.4 Å². The van der Waals surface area contributed by atoms with Crippen LogP contribution in [0.1, 0.15) is 22.0 Å². The molecule has 0 saturated carbocycles. The minimum absolute atomic E-state index is 0.0179. The highest BCUT2D eigenvalue weighted by atomic mass is 16.5. The highest BCUT2D eigenvalue weighted by molar-refractivity contribution is 6.05. The Morgan fingerprint density at radius 3 is 2.29 bits per heavy atom. The quantitative estimate of drug-likeness (QED) is 0.353. The number of hydrogen-bond acceptors (Lipinski definition) is 8. The lowest BCUT2D eigenvalue weighted by Crippen LogP contribution is -2.34. The van der Waals surface area contributed by atoms with Crippen molar-refractivity contribution in [2.24, 2.45) is 0 Å². The third kappa shape index (κ3) is 5.93. The molecule has 2 amide bonds. The van der Waals surface area contributed by atoms with Crippen LogP contribution in [-0.2, 0) is 11.3 Å². The Balaban J connectivity index is 1.44. The molecule has 0 aliphatic heterocycles. The first-order valence-electron chi connectivity index (χ1n) is 10.5. The van der Waals surface area contributed by atoms with Gasteiger partial charge in [0.2, 0.25) is 11.7 Å². The van der Waals surface area contributed by atoms with Crippen molar-refractivity contribution in [2.45, 2.75) is 6.54 Å². The van der Waals surface area contributed by atoms with Crippen molar-refractivity contribution in [1.82, 2.24) is 20.8 Å². The van der Waals surface area contributed by atoms with Crippen molar-refractivity contribution >= 4 is 17.9 Å². The van der Waals surface area contributed by atoms with Crippen LogP contribution in [0.5, 0.6) is 11.5 Å². The van der Waals surface area contributed by atoms with Gasteiger partial charge in [0.15, 0.2) is 0 Å². The Labute approximate surface area is 200 Å². The molecule has 178 valence electrons. The average molecular weight is 474 g/mol. The van der Waals surface area contributed by atoms with Crippen LogP contribution in [0.25, 0.3) is 17.5 Å². The van der Waals surface area contributed by atoms with E-state index in [2.05, 4.69) is 20.8 Å². The van der Waals surface area contributed by atoms with Gasteiger partial charge in [-0.1, -0.05) is 5.16 Å². The van der Waals surface area contributed by atoms with E-state index in [-0.39, 0.29) is 18.1 Å². The summed E-state index contributed by atoms with van der Waals surface area (Å²) in [6.07, 6.45) is 2.89. The summed E-state index contributed by atoms with van der Waals surface area (Å²) in [4.78, 5) is 29.9. The highest BCUT2D eigenvalue weighted by Gasteiger charge is 2.17. The number of rotatable bonds is 9. The maximum absolute atomic E-state index is 12.9. The lowest BCUT2D eigenvalue weighted by molar-refractivity contribution is -0.118. The van der Waals surface area contributed by atoms with Gasteiger partial charge in [0.05, 0.1) is 27.0 Å². The SMILES string of the molecule is COc1ccc(C(=O)N/C(=C\c2ccco2)C(=O)NCc2nc(-c3ccc(OC)cc3)no2)cc1. The Bertz CT molecular complexity index is 1310. The van der Waals surface area contributed by atoms with Gasteiger partial charge in [-0.25, -0.2) is 0 Å². The normalized spacial score (nSPS) is 11.1. The number of aromatic nitrogens is 2. The third-order valence-electron chi connectivity index (χ3n) is 4.89. The largest absolute Gasteiger partial charge is 0.497 e. The zero-order valence-electron chi connectivity index (χ0n) is 19.0. The first-order chi connectivity index (χ1) is 17.1. The molecule has 0 spiro atoms. The molecule has 2 N–H and O–H groups in total. The molecule has 0 aliphatic rings. The number of benzene rings is 2. The Morgan fingerprint density at radius 1 is 0.971 bits per heavy atom. The number of carbonyl (C=O) groups is 2.